The van der Waals surface area contributed by atoms with Crippen molar-refractivity contribution < 1.29 is 9.53 Å². The van der Waals surface area contributed by atoms with Crippen molar-refractivity contribution in [3.05, 3.63) is 77.4 Å². The van der Waals surface area contributed by atoms with Gasteiger partial charge >= 0.3 is 0 Å². The topological polar surface area (TPSA) is 71.1 Å². The number of ether oxygens (including phenoxy) is 1. The maximum absolute atomic E-state index is 12.8. The number of hydrogen-bond donors (Lipinski definition) is 1. The number of benzene rings is 1. The number of aromatic amines is 1. The average molecular weight is 362 g/mol. The number of methoxy groups -OCH3 is 1. The highest BCUT2D eigenvalue weighted by Crippen LogP contribution is 2.32. The third-order valence-corrected chi connectivity index (χ3v) is 4.98. The van der Waals surface area contributed by atoms with Crippen molar-refractivity contribution in [1.82, 2.24) is 20.1 Å². The molecule has 4 rings (SSSR count). The van der Waals surface area contributed by atoms with Crippen molar-refractivity contribution in [2.24, 2.45) is 0 Å². The fourth-order valence-electron chi connectivity index (χ4n) is 3.67. The summed E-state index contributed by atoms with van der Waals surface area (Å²) in [6.45, 7) is 0.737. The van der Waals surface area contributed by atoms with E-state index in [1.54, 1.807) is 19.4 Å². The van der Waals surface area contributed by atoms with Gasteiger partial charge in [-0.3, -0.25) is 14.9 Å². The molecule has 6 nitrogen and oxygen atoms in total. The van der Waals surface area contributed by atoms with Crippen LogP contribution in [0.5, 0.6) is 5.75 Å². The van der Waals surface area contributed by atoms with Crippen LogP contribution in [0.3, 0.4) is 0 Å². The molecule has 0 spiro atoms. The number of aromatic nitrogens is 3. The van der Waals surface area contributed by atoms with Gasteiger partial charge in [-0.25, -0.2) is 0 Å². The van der Waals surface area contributed by atoms with Crippen LogP contribution in [0.25, 0.3) is 0 Å². The van der Waals surface area contributed by atoms with Crippen LogP contribution in [0.4, 0.5) is 0 Å². The van der Waals surface area contributed by atoms with Gasteiger partial charge in [0.1, 0.15) is 11.4 Å². The number of rotatable bonds is 5. The fraction of sp³-hybridized carbons (Fsp3) is 0.286. The standard InChI is InChI=1S/C21H22N4O2/c1-27-20-10-3-2-6-15(20)14-16-7-4-8-17(23-16)19-9-5-13-25(19)21(26)18-11-12-22-24-18/h2-4,6-8,10-12,19H,5,9,13-14H2,1H3,(H,22,24)/t19-/m1/s1. The molecule has 27 heavy (non-hydrogen) atoms. The van der Waals surface area contributed by atoms with Crippen molar-refractivity contribution >= 4 is 5.91 Å². The van der Waals surface area contributed by atoms with Crippen LogP contribution >= 0.6 is 0 Å². The predicted octanol–water partition coefficient (Wildman–Crippen LogP) is 3.38. The summed E-state index contributed by atoms with van der Waals surface area (Å²) in [5.74, 6) is 0.841. The summed E-state index contributed by atoms with van der Waals surface area (Å²) >= 11 is 0. The number of likely N-dealkylation sites (tertiary alicyclic amines) is 1. The van der Waals surface area contributed by atoms with Gasteiger partial charge in [-0.2, -0.15) is 5.10 Å². The SMILES string of the molecule is COc1ccccc1Cc1cccc([C@H]2CCCN2C(=O)c2ccn[nH]2)n1. The summed E-state index contributed by atoms with van der Waals surface area (Å²) in [5.41, 5.74) is 3.53. The molecule has 2 aromatic heterocycles. The minimum Gasteiger partial charge on any atom is -0.496 e. The molecule has 138 valence electrons. The van der Waals surface area contributed by atoms with Crippen LogP contribution in [0.1, 0.15) is 46.3 Å². The Morgan fingerprint density at radius 2 is 2.11 bits per heavy atom. The largest absolute Gasteiger partial charge is 0.496 e. The predicted molar refractivity (Wildman–Crippen MR) is 102 cm³/mol. The van der Waals surface area contributed by atoms with Gasteiger partial charge in [-0.15, -0.1) is 0 Å². The van der Waals surface area contributed by atoms with E-state index in [9.17, 15) is 4.79 Å². The maximum Gasteiger partial charge on any atom is 0.272 e. The average Bonchev–Trinajstić information content (AvgIpc) is 3.40. The molecular weight excluding hydrogens is 340 g/mol. The minimum absolute atomic E-state index is 0.00146. The van der Waals surface area contributed by atoms with E-state index in [1.165, 1.54) is 0 Å². The molecule has 1 aliphatic heterocycles. The molecule has 1 fully saturated rings. The van der Waals surface area contributed by atoms with Gasteiger partial charge in [-0.05, 0) is 37.1 Å². The van der Waals surface area contributed by atoms with Gasteiger partial charge in [0, 0.05) is 30.4 Å². The van der Waals surface area contributed by atoms with Crippen molar-refractivity contribution in [2.75, 3.05) is 13.7 Å². The summed E-state index contributed by atoms with van der Waals surface area (Å²) in [5, 5.41) is 6.66. The van der Waals surface area contributed by atoms with Crippen LogP contribution in [0, 0.1) is 0 Å². The molecule has 1 N–H and O–H groups in total. The Bertz CT molecular complexity index is 923. The van der Waals surface area contributed by atoms with E-state index in [0.717, 1.165) is 42.1 Å². The van der Waals surface area contributed by atoms with E-state index in [2.05, 4.69) is 16.3 Å². The van der Waals surface area contributed by atoms with Gasteiger partial charge in [0.2, 0.25) is 0 Å². The monoisotopic (exact) mass is 362 g/mol. The van der Waals surface area contributed by atoms with Crippen LogP contribution in [-0.2, 0) is 6.42 Å². The molecule has 3 heterocycles. The molecular formula is C21H22N4O2. The van der Waals surface area contributed by atoms with E-state index in [-0.39, 0.29) is 11.9 Å². The lowest BCUT2D eigenvalue weighted by molar-refractivity contribution is 0.0726. The van der Waals surface area contributed by atoms with Gasteiger partial charge < -0.3 is 9.64 Å². The molecule has 1 aromatic carbocycles. The van der Waals surface area contributed by atoms with Crippen molar-refractivity contribution in [1.29, 1.82) is 0 Å². The third-order valence-electron chi connectivity index (χ3n) is 4.98. The zero-order valence-electron chi connectivity index (χ0n) is 15.3. The van der Waals surface area contributed by atoms with E-state index < -0.39 is 0 Å². The first kappa shape index (κ1) is 17.3. The number of H-pyrrole nitrogens is 1. The van der Waals surface area contributed by atoms with Gasteiger partial charge in [0.15, 0.2) is 0 Å². The summed E-state index contributed by atoms with van der Waals surface area (Å²) in [7, 11) is 1.68. The molecule has 1 atom stereocenters. The van der Waals surface area contributed by atoms with Crippen LogP contribution < -0.4 is 4.74 Å². The van der Waals surface area contributed by atoms with E-state index in [0.29, 0.717) is 12.1 Å². The Morgan fingerprint density at radius 1 is 1.22 bits per heavy atom. The zero-order valence-corrected chi connectivity index (χ0v) is 15.3. The number of amides is 1. The second kappa shape index (κ2) is 7.61. The van der Waals surface area contributed by atoms with E-state index in [4.69, 9.17) is 9.72 Å². The second-order valence-electron chi connectivity index (χ2n) is 6.67. The lowest BCUT2D eigenvalue weighted by atomic mass is 10.1. The molecule has 6 heteroatoms. The highest BCUT2D eigenvalue weighted by atomic mass is 16.5. The van der Waals surface area contributed by atoms with Crippen molar-refractivity contribution in [3.8, 4) is 5.75 Å². The number of nitrogens with one attached hydrogen (secondary N) is 1. The Kier molecular flexibility index (Phi) is 4.87. The first-order valence-corrected chi connectivity index (χ1v) is 9.14. The maximum atomic E-state index is 12.8. The second-order valence-corrected chi connectivity index (χ2v) is 6.67. The summed E-state index contributed by atoms with van der Waals surface area (Å²) in [4.78, 5) is 19.5. The summed E-state index contributed by atoms with van der Waals surface area (Å²) < 4.78 is 5.45. The summed E-state index contributed by atoms with van der Waals surface area (Å²) in [6.07, 6.45) is 4.19. The van der Waals surface area contributed by atoms with Gasteiger partial charge in [-0.1, -0.05) is 24.3 Å². The van der Waals surface area contributed by atoms with Crippen molar-refractivity contribution in [3.63, 3.8) is 0 Å². The van der Waals surface area contributed by atoms with Crippen molar-refractivity contribution in [2.45, 2.75) is 25.3 Å². The van der Waals surface area contributed by atoms with Crippen LogP contribution in [-0.4, -0.2) is 39.6 Å². The number of carbonyl (C=O) groups excluding carboxylic acids is 1. The normalized spacial score (nSPS) is 16.5. The number of para-hydroxylation sites is 1. The Balaban J connectivity index is 1.57. The molecule has 3 aromatic rings. The van der Waals surface area contributed by atoms with Crippen LogP contribution in [0.2, 0.25) is 0 Å². The third kappa shape index (κ3) is 3.56. The number of hydrogen-bond acceptors (Lipinski definition) is 4. The van der Waals surface area contributed by atoms with Gasteiger partial charge in [0.05, 0.1) is 18.8 Å². The molecule has 0 radical (unpaired) electrons. The highest BCUT2D eigenvalue weighted by Gasteiger charge is 2.32. The smallest absolute Gasteiger partial charge is 0.272 e. The molecule has 0 bridgehead atoms. The number of carbonyl (C=O) groups is 1. The van der Waals surface area contributed by atoms with Crippen LogP contribution in [0.15, 0.2) is 54.7 Å². The zero-order chi connectivity index (χ0) is 18.6. The molecule has 0 saturated carbocycles. The Labute approximate surface area is 158 Å². The van der Waals surface area contributed by atoms with E-state index >= 15 is 0 Å². The summed E-state index contributed by atoms with van der Waals surface area (Å²) in [6, 6.07) is 15.7. The van der Waals surface area contributed by atoms with Gasteiger partial charge in [0.25, 0.3) is 5.91 Å². The Morgan fingerprint density at radius 3 is 2.93 bits per heavy atom. The molecule has 1 aliphatic rings. The first-order chi connectivity index (χ1) is 13.3. The quantitative estimate of drug-likeness (QED) is 0.755. The fourth-order valence-corrected chi connectivity index (χ4v) is 3.67. The minimum atomic E-state index is -0.0214. The number of pyridine rings is 1. The molecule has 0 unspecified atom stereocenters. The molecule has 1 saturated heterocycles. The Hall–Kier alpha value is -3.15. The lowest BCUT2D eigenvalue weighted by Crippen LogP contribution is -2.31. The molecule has 1 amide bonds. The number of nitrogens with zero attached hydrogens (tertiary/aromatic N) is 3. The highest BCUT2D eigenvalue weighted by molar-refractivity contribution is 5.92. The van der Waals surface area contributed by atoms with E-state index in [1.807, 2.05) is 41.3 Å². The lowest BCUT2D eigenvalue weighted by Gasteiger charge is -2.24. The molecule has 0 aliphatic carbocycles. The first-order valence-electron chi connectivity index (χ1n) is 9.14.